The molecule has 2 nitrogen and oxygen atoms in total. The van der Waals surface area contributed by atoms with Crippen molar-refractivity contribution in [1.82, 2.24) is 9.55 Å². The summed E-state index contributed by atoms with van der Waals surface area (Å²) in [6.45, 7) is 0. The molecule has 0 aliphatic heterocycles. The highest BCUT2D eigenvalue weighted by Crippen LogP contribution is 2.47. The second kappa shape index (κ2) is 14.1. The van der Waals surface area contributed by atoms with Gasteiger partial charge < -0.3 is 4.57 Å². The Hall–Kier alpha value is -8.33. The van der Waals surface area contributed by atoms with Crippen molar-refractivity contribution < 1.29 is 0 Å². The Balaban J connectivity index is 1.01. The summed E-state index contributed by atoms with van der Waals surface area (Å²) in [6.07, 6.45) is 0. The van der Waals surface area contributed by atoms with E-state index in [-0.39, 0.29) is 0 Å². The van der Waals surface area contributed by atoms with E-state index in [0.29, 0.717) is 0 Å². The van der Waals surface area contributed by atoms with Crippen LogP contribution in [0.4, 0.5) is 0 Å². The Kier molecular flexibility index (Phi) is 7.94. The second-order valence-electron chi connectivity index (χ2n) is 16.7. The highest BCUT2D eigenvalue weighted by Gasteiger charge is 2.22. The lowest BCUT2D eigenvalue weighted by Gasteiger charge is -2.16. The monoisotopic (exact) mass is 798 g/mol. The van der Waals surface area contributed by atoms with E-state index in [1.165, 1.54) is 92.4 Å². The molecule has 0 saturated carbocycles. The minimum atomic E-state index is 0.946. The first kappa shape index (κ1) is 35.4. The van der Waals surface area contributed by atoms with Crippen LogP contribution in [0.1, 0.15) is 0 Å². The van der Waals surface area contributed by atoms with Crippen LogP contribution in [-0.4, -0.2) is 9.55 Å². The molecule has 0 aliphatic rings. The van der Waals surface area contributed by atoms with Crippen LogP contribution in [-0.2, 0) is 0 Å². The summed E-state index contributed by atoms with van der Waals surface area (Å²) in [4.78, 5) is 5.37. The van der Waals surface area contributed by atoms with Crippen LogP contribution in [0, 0.1) is 0 Å². The molecule has 0 bridgehead atoms. The molecule has 11 aromatic carbocycles. The van der Waals surface area contributed by atoms with Crippen LogP contribution in [0.3, 0.4) is 0 Å². The molecule has 0 N–H and O–H groups in total. The van der Waals surface area contributed by atoms with Gasteiger partial charge in [0, 0.05) is 38.4 Å². The Morgan fingerprint density at radius 1 is 0.286 bits per heavy atom. The van der Waals surface area contributed by atoms with Crippen LogP contribution in [0.15, 0.2) is 231 Å². The normalized spacial score (nSPS) is 11.8. The minimum Gasteiger partial charge on any atom is -0.309 e. The number of nitrogens with zero attached hydrogens (tertiary/aromatic N) is 2. The van der Waals surface area contributed by atoms with E-state index in [0.717, 1.165) is 33.8 Å². The van der Waals surface area contributed by atoms with Crippen molar-refractivity contribution in [3.05, 3.63) is 231 Å². The quantitative estimate of drug-likeness (QED) is 0.159. The first-order chi connectivity index (χ1) is 31.2. The molecule has 0 saturated heterocycles. The minimum absolute atomic E-state index is 0.946. The molecule has 0 amide bonds. The summed E-state index contributed by atoms with van der Waals surface area (Å²) < 4.78 is 2.46. The van der Waals surface area contributed by atoms with Crippen LogP contribution >= 0.6 is 0 Å². The number of para-hydroxylation sites is 2. The zero-order chi connectivity index (χ0) is 41.4. The molecule has 13 aromatic rings. The molecule has 292 valence electrons. The van der Waals surface area contributed by atoms with Gasteiger partial charge in [-0.15, -0.1) is 0 Å². The molecule has 0 aliphatic carbocycles. The summed E-state index contributed by atoms with van der Waals surface area (Å²) in [5.41, 5.74) is 12.4. The average Bonchev–Trinajstić information content (AvgIpc) is 3.71. The van der Waals surface area contributed by atoms with Crippen LogP contribution in [0.25, 0.3) is 126 Å². The Bertz CT molecular complexity index is 3850. The van der Waals surface area contributed by atoms with Crippen molar-refractivity contribution >= 4 is 75.7 Å². The third-order valence-electron chi connectivity index (χ3n) is 13.1. The number of pyridine rings is 1. The predicted octanol–water partition coefficient (Wildman–Crippen LogP) is 16.6. The summed E-state index contributed by atoms with van der Waals surface area (Å²) in [5.74, 6) is 0. The molecule has 13 rings (SSSR count). The largest absolute Gasteiger partial charge is 0.309 e. The summed E-state index contributed by atoms with van der Waals surface area (Å²) >= 11 is 0. The zero-order valence-electron chi connectivity index (χ0n) is 34.3. The molecule has 0 radical (unpaired) electrons. The maximum absolute atomic E-state index is 5.37. The maximum Gasteiger partial charge on any atom is 0.0715 e. The molecule has 2 aromatic heterocycles. The second-order valence-corrected chi connectivity index (χ2v) is 16.7. The smallest absolute Gasteiger partial charge is 0.0715 e. The maximum atomic E-state index is 5.37. The van der Waals surface area contributed by atoms with E-state index in [1.807, 2.05) is 0 Å². The highest BCUT2D eigenvalue weighted by atomic mass is 15.0. The molecule has 2 heteroatoms. The number of hydrogen-bond donors (Lipinski definition) is 0. The van der Waals surface area contributed by atoms with Gasteiger partial charge in [0.25, 0.3) is 0 Å². The van der Waals surface area contributed by atoms with Gasteiger partial charge in [0.15, 0.2) is 0 Å². The van der Waals surface area contributed by atoms with Gasteiger partial charge in [-0.1, -0.05) is 182 Å². The van der Waals surface area contributed by atoms with Gasteiger partial charge in [0.2, 0.25) is 0 Å². The molecule has 63 heavy (non-hydrogen) atoms. The molecular weight excluding hydrogens is 761 g/mol. The number of rotatable bonds is 5. The molecule has 0 spiro atoms. The lowest BCUT2D eigenvalue weighted by Crippen LogP contribution is -1.95. The molecule has 0 fully saturated rings. The third kappa shape index (κ3) is 5.69. The number of aromatic nitrogens is 2. The Labute approximate surface area is 364 Å². The lowest BCUT2D eigenvalue weighted by molar-refractivity contribution is 1.19. The number of hydrogen-bond acceptors (Lipinski definition) is 1. The van der Waals surface area contributed by atoms with Gasteiger partial charge in [0.05, 0.1) is 22.4 Å². The van der Waals surface area contributed by atoms with E-state index < -0.39 is 0 Å². The van der Waals surface area contributed by atoms with E-state index in [2.05, 4.69) is 235 Å². The van der Waals surface area contributed by atoms with Crippen molar-refractivity contribution in [3.8, 4) is 50.5 Å². The first-order valence-electron chi connectivity index (χ1n) is 21.7. The Morgan fingerprint density at radius 3 is 1.54 bits per heavy atom. The molecule has 0 atom stereocenters. The van der Waals surface area contributed by atoms with E-state index in [4.69, 9.17) is 4.98 Å². The van der Waals surface area contributed by atoms with Gasteiger partial charge in [-0.05, 0) is 114 Å². The topological polar surface area (TPSA) is 17.8 Å². The lowest BCUT2D eigenvalue weighted by atomic mass is 9.88. The molecule has 0 unspecified atom stereocenters. The van der Waals surface area contributed by atoms with Crippen LogP contribution < -0.4 is 0 Å². The average molecular weight is 799 g/mol. The van der Waals surface area contributed by atoms with Crippen molar-refractivity contribution in [2.45, 2.75) is 0 Å². The SMILES string of the molecule is c1ccc(-n2c3ccccc3c3c4c5ccccc5c(-c5ccc(-c6cc(-c7ccc8ccccc8c7)cc(-c7ccc8ccccc8c7)n6)cc5)cc4c4ccccc4c32)cc1. The van der Waals surface area contributed by atoms with E-state index in [1.54, 1.807) is 0 Å². The predicted molar refractivity (Wildman–Crippen MR) is 268 cm³/mol. The fourth-order valence-electron chi connectivity index (χ4n) is 10.1. The van der Waals surface area contributed by atoms with Crippen molar-refractivity contribution in [3.63, 3.8) is 0 Å². The summed E-state index contributed by atoms with van der Waals surface area (Å²) in [6, 6.07) is 84.1. The fraction of sp³-hybridized carbons (Fsp3) is 0. The Morgan fingerprint density at radius 2 is 0.810 bits per heavy atom. The van der Waals surface area contributed by atoms with Gasteiger partial charge in [-0.3, -0.25) is 0 Å². The van der Waals surface area contributed by atoms with Crippen molar-refractivity contribution in [2.24, 2.45) is 0 Å². The van der Waals surface area contributed by atoms with Gasteiger partial charge in [0.1, 0.15) is 0 Å². The van der Waals surface area contributed by atoms with Crippen molar-refractivity contribution in [2.75, 3.05) is 0 Å². The number of fused-ring (bicyclic) bond motifs is 12. The number of benzene rings is 11. The third-order valence-corrected chi connectivity index (χ3v) is 13.1. The van der Waals surface area contributed by atoms with Crippen LogP contribution in [0.2, 0.25) is 0 Å². The first-order valence-corrected chi connectivity index (χ1v) is 21.7. The van der Waals surface area contributed by atoms with Crippen molar-refractivity contribution in [1.29, 1.82) is 0 Å². The van der Waals surface area contributed by atoms with E-state index >= 15 is 0 Å². The molecular formula is C61H38N2. The molecule has 2 heterocycles. The zero-order valence-corrected chi connectivity index (χ0v) is 34.3. The summed E-state index contributed by atoms with van der Waals surface area (Å²) in [7, 11) is 0. The highest BCUT2D eigenvalue weighted by molar-refractivity contribution is 6.38. The van der Waals surface area contributed by atoms with Gasteiger partial charge in [-0.2, -0.15) is 0 Å². The van der Waals surface area contributed by atoms with Gasteiger partial charge in [-0.25, -0.2) is 4.98 Å². The van der Waals surface area contributed by atoms with Gasteiger partial charge >= 0.3 is 0 Å². The van der Waals surface area contributed by atoms with Crippen LogP contribution in [0.5, 0.6) is 0 Å². The van der Waals surface area contributed by atoms with E-state index in [9.17, 15) is 0 Å². The summed E-state index contributed by atoms with van der Waals surface area (Å²) in [5, 5.41) is 15.0. The standard InChI is InChI=1S/C61H38N2/c1-2-18-48(19-3-1)63-58-25-13-12-24-53(58)60-59-51-22-10-8-20-49(51)54(38-55(59)50-21-9-11-23-52(50)61(60)63)41-28-30-42(31-29-41)56-36-47(45-32-26-39-14-4-6-16-43(39)34-45)37-57(62-56)46-33-27-40-15-5-7-17-44(40)35-46/h1-38H. The fourth-order valence-corrected chi connectivity index (χ4v) is 10.1.